The molecule has 0 amide bonds. The van der Waals surface area contributed by atoms with Crippen molar-refractivity contribution in [1.82, 2.24) is 0 Å². The van der Waals surface area contributed by atoms with Crippen LogP contribution in [0.3, 0.4) is 0 Å². The molecule has 0 aliphatic carbocycles. The smallest absolute Gasteiger partial charge is 0.191 e. The number of benzene rings is 1. The van der Waals surface area contributed by atoms with Crippen molar-refractivity contribution in [1.29, 1.82) is 0 Å². The maximum Gasteiger partial charge on any atom is 0.191 e. The lowest BCUT2D eigenvalue weighted by Gasteiger charge is -2.08. The van der Waals surface area contributed by atoms with E-state index in [1.165, 1.54) is 0 Å². The van der Waals surface area contributed by atoms with Gasteiger partial charge in [-0.2, -0.15) is 0 Å². The minimum absolute atomic E-state index is 0.290. The first-order chi connectivity index (χ1) is 7.75. The highest BCUT2D eigenvalue weighted by Gasteiger charge is 2.15. The molecule has 0 unspecified atom stereocenters. The predicted octanol–water partition coefficient (Wildman–Crippen LogP) is 2.32. The van der Waals surface area contributed by atoms with Gasteiger partial charge in [0.1, 0.15) is 6.10 Å². The lowest BCUT2D eigenvalue weighted by atomic mass is 10.0. The van der Waals surface area contributed by atoms with Crippen LogP contribution in [0.25, 0.3) is 10.4 Å². The summed E-state index contributed by atoms with van der Waals surface area (Å²) in [6.45, 7) is 0.301. The first-order valence-corrected chi connectivity index (χ1v) is 5.04. The van der Waals surface area contributed by atoms with Crippen LogP contribution in [0.2, 0.25) is 0 Å². The molecule has 84 valence electrons. The Morgan fingerprint density at radius 3 is 2.75 bits per heavy atom. The third kappa shape index (κ3) is 3.73. The SMILES string of the molecule is [N-]=[N+]=NCCC[C@H](O)C(=O)c1ccccc1. The number of aliphatic hydroxyl groups is 1. The molecule has 0 fully saturated rings. The summed E-state index contributed by atoms with van der Waals surface area (Å²) < 4.78 is 0. The van der Waals surface area contributed by atoms with Crippen LogP contribution in [0.5, 0.6) is 0 Å². The van der Waals surface area contributed by atoms with Crippen molar-refractivity contribution in [2.75, 3.05) is 6.54 Å². The average molecular weight is 219 g/mol. The standard InChI is InChI=1S/C11H13N3O2/c12-14-13-8-4-7-10(15)11(16)9-5-2-1-3-6-9/h1-3,5-6,10,15H,4,7-8H2/t10-/m0/s1. The van der Waals surface area contributed by atoms with Crippen LogP contribution >= 0.6 is 0 Å². The molecular formula is C11H13N3O2. The molecule has 5 nitrogen and oxygen atoms in total. The fraction of sp³-hybridized carbons (Fsp3) is 0.364. The second kappa shape index (κ2) is 6.61. The number of carbonyl (C=O) groups excluding carboxylic acids is 1. The third-order valence-electron chi connectivity index (χ3n) is 2.16. The fourth-order valence-electron chi connectivity index (χ4n) is 1.33. The van der Waals surface area contributed by atoms with Crippen LogP contribution in [-0.4, -0.2) is 23.5 Å². The highest BCUT2D eigenvalue weighted by molar-refractivity contribution is 5.99. The first kappa shape index (κ1) is 12.2. The minimum Gasteiger partial charge on any atom is -0.385 e. The monoisotopic (exact) mass is 219 g/mol. The van der Waals surface area contributed by atoms with Crippen molar-refractivity contribution in [3.63, 3.8) is 0 Å². The highest BCUT2D eigenvalue weighted by Crippen LogP contribution is 2.07. The zero-order valence-corrected chi connectivity index (χ0v) is 8.78. The van der Waals surface area contributed by atoms with Crippen molar-refractivity contribution in [3.05, 3.63) is 46.3 Å². The van der Waals surface area contributed by atoms with E-state index in [1.807, 2.05) is 6.07 Å². The molecule has 5 heteroatoms. The maximum absolute atomic E-state index is 11.7. The number of aliphatic hydroxyl groups excluding tert-OH is 1. The Bertz CT molecular complexity index is 385. The van der Waals surface area contributed by atoms with Crippen molar-refractivity contribution in [2.24, 2.45) is 5.11 Å². The zero-order chi connectivity index (χ0) is 11.8. The summed E-state index contributed by atoms with van der Waals surface area (Å²) >= 11 is 0. The molecule has 1 atom stereocenters. The second-order valence-corrected chi connectivity index (χ2v) is 3.34. The van der Waals surface area contributed by atoms with Gasteiger partial charge in [0.2, 0.25) is 0 Å². The van der Waals surface area contributed by atoms with Crippen molar-refractivity contribution in [2.45, 2.75) is 18.9 Å². The molecule has 0 aliphatic rings. The Morgan fingerprint density at radius 2 is 2.12 bits per heavy atom. The quantitative estimate of drug-likeness (QED) is 0.262. The number of azide groups is 1. The molecule has 16 heavy (non-hydrogen) atoms. The molecular weight excluding hydrogens is 206 g/mol. The highest BCUT2D eigenvalue weighted by atomic mass is 16.3. The van der Waals surface area contributed by atoms with Gasteiger partial charge in [-0.05, 0) is 18.4 Å². The lowest BCUT2D eigenvalue weighted by Crippen LogP contribution is -2.20. The third-order valence-corrected chi connectivity index (χ3v) is 2.16. The van der Waals surface area contributed by atoms with Crippen LogP contribution in [0.4, 0.5) is 0 Å². The number of hydrogen-bond acceptors (Lipinski definition) is 3. The van der Waals surface area contributed by atoms with Crippen LogP contribution in [0.1, 0.15) is 23.2 Å². The molecule has 0 aliphatic heterocycles. The van der Waals surface area contributed by atoms with E-state index in [-0.39, 0.29) is 5.78 Å². The molecule has 0 saturated heterocycles. The van der Waals surface area contributed by atoms with Crippen LogP contribution < -0.4 is 0 Å². The molecule has 0 heterocycles. The summed E-state index contributed by atoms with van der Waals surface area (Å²) in [6, 6.07) is 8.64. The summed E-state index contributed by atoms with van der Waals surface area (Å²) in [5, 5.41) is 12.9. The van der Waals surface area contributed by atoms with E-state index in [4.69, 9.17) is 5.53 Å². The summed E-state index contributed by atoms with van der Waals surface area (Å²) in [5.41, 5.74) is 8.55. The molecule has 1 rings (SSSR count). The number of hydrogen-bond donors (Lipinski definition) is 1. The molecule has 0 aromatic heterocycles. The first-order valence-electron chi connectivity index (χ1n) is 5.04. The van der Waals surface area contributed by atoms with Gasteiger partial charge >= 0.3 is 0 Å². The summed E-state index contributed by atoms with van der Waals surface area (Å²) in [6.07, 6.45) is -0.201. The Balaban J connectivity index is 2.45. The van der Waals surface area contributed by atoms with Gasteiger partial charge < -0.3 is 5.11 Å². The summed E-state index contributed by atoms with van der Waals surface area (Å²) in [5.74, 6) is -0.290. The number of ketones is 1. The fourth-order valence-corrected chi connectivity index (χ4v) is 1.33. The number of carbonyl (C=O) groups is 1. The van der Waals surface area contributed by atoms with E-state index in [0.29, 0.717) is 24.9 Å². The van der Waals surface area contributed by atoms with Crippen LogP contribution in [-0.2, 0) is 0 Å². The lowest BCUT2D eigenvalue weighted by molar-refractivity contribution is 0.0728. The van der Waals surface area contributed by atoms with Gasteiger partial charge in [-0.3, -0.25) is 4.79 Å². The predicted molar refractivity (Wildman–Crippen MR) is 60.0 cm³/mol. The van der Waals surface area contributed by atoms with Crippen molar-refractivity contribution >= 4 is 5.78 Å². The number of Topliss-reactive ketones (excluding diaryl/α,β-unsaturated/α-hetero) is 1. The van der Waals surface area contributed by atoms with Gasteiger partial charge in [0.05, 0.1) is 0 Å². The molecule has 0 spiro atoms. The Kier molecular flexibility index (Phi) is 5.05. The van der Waals surface area contributed by atoms with Gasteiger partial charge in [-0.15, -0.1) is 0 Å². The molecule has 0 saturated carbocycles. The van der Waals surface area contributed by atoms with E-state index >= 15 is 0 Å². The van der Waals surface area contributed by atoms with Gasteiger partial charge in [-0.1, -0.05) is 35.4 Å². The largest absolute Gasteiger partial charge is 0.385 e. The molecule has 1 N–H and O–H groups in total. The van der Waals surface area contributed by atoms with E-state index < -0.39 is 6.10 Å². The van der Waals surface area contributed by atoms with E-state index in [0.717, 1.165) is 0 Å². The number of nitrogens with zero attached hydrogens (tertiary/aromatic N) is 3. The Labute approximate surface area is 93.3 Å². The van der Waals surface area contributed by atoms with Crippen molar-refractivity contribution < 1.29 is 9.90 Å². The van der Waals surface area contributed by atoms with Gasteiger partial charge in [-0.25, -0.2) is 0 Å². The van der Waals surface area contributed by atoms with Crippen LogP contribution in [0, 0.1) is 0 Å². The van der Waals surface area contributed by atoms with E-state index in [1.54, 1.807) is 24.3 Å². The Morgan fingerprint density at radius 1 is 1.44 bits per heavy atom. The van der Waals surface area contributed by atoms with E-state index in [9.17, 15) is 9.90 Å². The topological polar surface area (TPSA) is 86.1 Å². The average Bonchev–Trinajstić information content (AvgIpc) is 2.34. The molecule has 1 aromatic carbocycles. The molecule has 0 bridgehead atoms. The summed E-state index contributed by atoms with van der Waals surface area (Å²) in [4.78, 5) is 14.2. The van der Waals surface area contributed by atoms with Crippen LogP contribution in [0.15, 0.2) is 35.4 Å². The van der Waals surface area contributed by atoms with Gasteiger partial charge in [0, 0.05) is 17.0 Å². The maximum atomic E-state index is 11.7. The Hall–Kier alpha value is -1.84. The summed E-state index contributed by atoms with van der Waals surface area (Å²) in [7, 11) is 0. The zero-order valence-electron chi connectivity index (χ0n) is 8.78. The van der Waals surface area contributed by atoms with Crippen molar-refractivity contribution in [3.8, 4) is 0 Å². The second-order valence-electron chi connectivity index (χ2n) is 3.34. The normalized spacial score (nSPS) is 11.6. The van der Waals surface area contributed by atoms with Gasteiger partial charge in [0.25, 0.3) is 0 Å². The minimum atomic E-state index is -1.02. The van der Waals surface area contributed by atoms with E-state index in [2.05, 4.69) is 10.0 Å². The van der Waals surface area contributed by atoms with Gasteiger partial charge in [0.15, 0.2) is 5.78 Å². The number of rotatable bonds is 6. The molecule has 1 aromatic rings. The molecule has 0 radical (unpaired) electrons.